The van der Waals surface area contributed by atoms with Crippen molar-refractivity contribution < 1.29 is 43.0 Å². The lowest BCUT2D eigenvalue weighted by atomic mass is 9.78. The quantitative estimate of drug-likeness (QED) is 0.137. The van der Waals surface area contributed by atoms with Crippen molar-refractivity contribution in [2.75, 3.05) is 65.7 Å². The Kier molecular flexibility index (Phi) is 12.2. The lowest BCUT2D eigenvalue weighted by Crippen LogP contribution is -2.35. The van der Waals surface area contributed by atoms with Gasteiger partial charge < -0.3 is 47.9 Å². The fourth-order valence-electron chi connectivity index (χ4n) is 6.43. The lowest BCUT2D eigenvalue weighted by molar-refractivity contribution is -0.226. The minimum Gasteiger partial charge on any atom is -0.467 e. The molecule has 0 aromatic heterocycles. The maximum absolute atomic E-state index is 13.7. The van der Waals surface area contributed by atoms with E-state index < -0.39 is 18.2 Å². The van der Waals surface area contributed by atoms with E-state index in [0.717, 1.165) is 23.4 Å². The second-order valence-electron chi connectivity index (χ2n) is 15.0. The van der Waals surface area contributed by atoms with Crippen LogP contribution in [0.15, 0.2) is 60.7 Å². The van der Waals surface area contributed by atoms with Crippen LogP contribution in [0.4, 0.5) is 5.69 Å². The number of hydrogen-bond acceptors (Lipinski definition) is 10. The van der Waals surface area contributed by atoms with Gasteiger partial charge in [-0.3, -0.25) is 0 Å². The molecule has 1 N–H and O–H groups in total. The smallest absolute Gasteiger partial charge is 0.188 e. The van der Waals surface area contributed by atoms with Gasteiger partial charge >= 0.3 is 0 Å². The maximum atomic E-state index is 13.7. The molecule has 0 atom stereocenters. The van der Waals surface area contributed by atoms with Gasteiger partial charge in [0.05, 0.1) is 26.4 Å². The van der Waals surface area contributed by atoms with Crippen LogP contribution in [0.3, 0.4) is 0 Å². The van der Waals surface area contributed by atoms with Crippen molar-refractivity contribution in [1.82, 2.24) is 0 Å². The highest BCUT2D eigenvalue weighted by molar-refractivity contribution is 5.61. The first-order valence-electron chi connectivity index (χ1n) is 17.4. The molecule has 50 heavy (non-hydrogen) atoms. The van der Waals surface area contributed by atoms with Gasteiger partial charge in [0, 0.05) is 65.6 Å². The Morgan fingerprint density at radius 1 is 0.740 bits per heavy atom. The SMILES string of the molecule is CCN(c1cccc(C(O)(c2cc(C3OCC(C)(C)CO3)ccc2OCOC)c2cc(C3OCC(C)(C)CO3)ccc2OCOC)c1)C(C)C. The Bertz CT molecular complexity index is 1470. The number of methoxy groups -OCH3 is 2. The molecule has 2 aliphatic rings. The van der Waals surface area contributed by atoms with Crippen LogP contribution in [0.1, 0.15) is 88.9 Å². The predicted molar refractivity (Wildman–Crippen MR) is 191 cm³/mol. The van der Waals surface area contributed by atoms with Crippen LogP contribution in [-0.4, -0.2) is 71.9 Å². The van der Waals surface area contributed by atoms with E-state index >= 15 is 0 Å². The Labute approximate surface area is 297 Å². The topological polar surface area (TPSA) is 97.3 Å². The second-order valence-corrected chi connectivity index (χ2v) is 15.0. The van der Waals surface area contributed by atoms with Crippen LogP contribution in [0.25, 0.3) is 0 Å². The Morgan fingerprint density at radius 2 is 1.20 bits per heavy atom. The lowest BCUT2D eigenvalue weighted by Gasteiger charge is -2.38. The number of ether oxygens (including phenoxy) is 8. The summed E-state index contributed by atoms with van der Waals surface area (Å²) in [7, 11) is 3.12. The van der Waals surface area contributed by atoms with E-state index in [1.807, 2.05) is 54.6 Å². The average molecular weight is 694 g/mol. The monoisotopic (exact) mass is 693 g/mol. The fourth-order valence-corrected chi connectivity index (χ4v) is 6.43. The van der Waals surface area contributed by atoms with E-state index in [2.05, 4.69) is 59.4 Å². The molecule has 0 saturated carbocycles. The molecule has 5 rings (SSSR count). The normalized spacial score (nSPS) is 18.3. The van der Waals surface area contributed by atoms with Gasteiger partial charge in [-0.05, 0) is 62.7 Å². The summed E-state index contributed by atoms with van der Waals surface area (Å²) in [6, 6.07) is 19.4. The first-order valence-corrected chi connectivity index (χ1v) is 17.4. The minimum atomic E-state index is -1.84. The molecule has 274 valence electrons. The molecule has 0 aliphatic carbocycles. The van der Waals surface area contributed by atoms with Crippen LogP contribution in [0.5, 0.6) is 11.5 Å². The van der Waals surface area contributed by atoms with Gasteiger partial charge in [0.25, 0.3) is 0 Å². The van der Waals surface area contributed by atoms with Crippen LogP contribution < -0.4 is 14.4 Å². The molecule has 2 fully saturated rings. The van der Waals surface area contributed by atoms with Crippen molar-refractivity contribution in [1.29, 1.82) is 0 Å². The number of aliphatic hydroxyl groups is 1. The molecule has 2 heterocycles. The number of benzene rings is 3. The summed E-state index contributed by atoms with van der Waals surface area (Å²) >= 11 is 0. The molecular formula is C40H55NO9. The molecule has 0 spiro atoms. The third-order valence-electron chi connectivity index (χ3n) is 9.06. The fraction of sp³-hybridized carbons (Fsp3) is 0.550. The molecule has 3 aromatic carbocycles. The average Bonchev–Trinajstić information content (AvgIpc) is 3.10. The van der Waals surface area contributed by atoms with Crippen molar-refractivity contribution in [2.24, 2.45) is 10.8 Å². The van der Waals surface area contributed by atoms with Gasteiger partial charge in [0.15, 0.2) is 26.2 Å². The van der Waals surface area contributed by atoms with Crippen molar-refractivity contribution in [3.63, 3.8) is 0 Å². The van der Waals surface area contributed by atoms with Crippen LogP contribution >= 0.6 is 0 Å². The van der Waals surface area contributed by atoms with E-state index in [4.69, 9.17) is 37.9 Å². The zero-order valence-electron chi connectivity index (χ0n) is 31.1. The molecule has 10 nitrogen and oxygen atoms in total. The van der Waals surface area contributed by atoms with E-state index in [1.54, 1.807) is 14.2 Å². The number of anilines is 1. The number of nitrogens with zero attached hydrogens (tertiary/aromatic N) is 1. The highest BCUT2D eigenvalue weighted by atomic mass is 16.7. The van der Waals surface area contributed by atoms with Crippen molar-refractivity contribution in [2.45, 2.75) is 72.7 Å². The van der Waals surface area contributed by atoms with Crippen molar-refractivity contribution >= 4 is 5.69 Å². The summed E-state index contributed by atoms with van der Waals surface area (Å²) in [4.78, 5) is 2.28. The summed E-state index contributed by atoms with van der Waals surface area (Å²) in [6.45, 7) is 17.7. The zero-order valence-corrected chi connectivity index (χ0v) is 31.1. The van der Waals surface area contributed by atoms with Gasteiger partial charge in [-0.1, -0.05) is 52.0 Å². The predicted octanol–water partition coefficient (Wildman–Crippen LogP) is 7.31. The minimum absolute atomic E-state index is 0.0311. The van der Waals surface area contributed by atoms with Crippen LogP contribution in [0.2, 0.25) is 0 Å². The highest BCUT2D eigenvalue weighted by Gasteiger charge is 2.42. The second kappa shape index (κ2) is 16.0. The van der Waals surface area contributed by atoms with Gasteiger partial charge in [-0.2, -0.15) is 0 Å². The first-order chi connectivity index (χ1) is 23.8. The van der Waals surface area contributed by atoms with E-state index in [9.17, 15) is 5.11 Å². The molecule has 3 aromatic rings. The Balaban J connectivity index is 1.77. The van der Waals surface area contributed by atoms with Crippen LogP contribution in [-0.2, 0) is 34.0 Å². The van der Waals surface area contributed by atoms with Crippen LogP contribution in [0, 0.1) is 10.8 Å². The Hall–Kier alpha value is -3.22. The molecule has 2 saturated heterocycles. The van der Waals surface area contributed by atoms with Gasteiger partial charge in [0.1, 0.15) is 17.1 Å². The standard InChI is InChI=1S/C40H55NO9/c1-10-41(27(2)3)31-13-11-12-30(20-31)40(42,32-18-28(14-16-34(32)49-25-43-8)36-45-21-38(4,5)22-46-36)33-19-29(15-17-35(33)50-26-44-9)37-47-23-39(6,7)24-48-37/h11-20,27,36-37,42H,10,21-26H2,1-9H3. The maximum Gasteiger partial charge on any atom is 0.188 e. The van der Waals surface area contributed by atoms with E-state index in [0.29, 0.717) is 54.6 Å². The molecule has 0 unspecified atom stereocenters. The Morgan fingerprint density at radius 3 is 1.60 bits per heavy atom. The molecule has 0 radical (unpaired) electrons. The summed E-state index contributed by atoms with van der Waals surface area (Å²) in [5.74, 6) is 0.844. The molecule has 2 aliphatic heterocycles. The highest BCUT2D eigenvalue weighted by Crippen LogP contribution is 2.48. The van der Waals surface area contributed by atoms with Gasteiger partial charge in [-0.25, -0.2) is 0 Å². The number of hydrogen-bond donors (Lipinski definition) is 1. The third kappa shape index (κ3) is 8.45. The summed E-state index contributed by atoms with van der Waals surface area (Å²) in [6.07, 6.45) is -1.26. The summed E-state index contributed by atoms with van der Waals surface area (Å²) < 4.78 is 47.9. The van der Waals surface area contributed by atoms with Gasteiger partial charge in [-0.15, -0.1) is 0 Å². The first kappa shape index (κ1) is 38.0. The summed E-state index contributed by atoms with van der Waals surface area (Å²) in [5.41, 5.74) is 1.89. The zero-order chi connectivity index (χ0) is 36.1. The summed E-state index contributed by atoms with van der Waals surface area (Å²) in [5, 5.41) is 13.7. The van der Waals surface area contributed by atoms with E-state index in [1.165, 1.54) is 0 Å². The largest absolute Gasteiger partial charge is 0.467 e. The number of rotatable bonds is 14. The van der Waals surface area contributed by atoms with Crippen molar-refractivity contribution in [3.8, 4) is 11.5 Å². The molecular weight excluding hydrogens is 638 g/mol. The van der Waals surface area contributed by atoms with Gasteiger partial charge in [0.2, 0.25) is 0 Å². The molecule has 0 bridgehead atoms. The third-order valence-corrected chi connectivity index (χ3v) is 9.06. The van der Waals surface area contributed by atoms with E-state index in [-0.39, 0.29) is 30.5 Å². The molecule has 0 amide bonds. The molecule has 10 heteroatoms. The van der Waals surface area contributed by atoms with Crippen molar-refractivity contribution in [3.05, 3.63) is 88.5 Å².